The normalized spacial score (nSPS) is 14.2. The number of rotatable bonds is 4. The van der Waals surface area contributed by atoms with Gasteiger partial charge in [0.25, 0.3) is 0 Å². The number of benzene rings is 1. The zero-order chi connectivity index (χ0) is 20.4. The van der Waals surface area contributed by atoms with E-state index in [1.54, 1.807) is 0 Å². The summed E-state index contributed by atoms with van der Waals surface area (Å²) in [6, 6.07) is 8.25. The first kappa shape index (κ1) is 18.4. The fourth-order valence-electron chi connectivity index (χ4n) is 4.03. The van der Waals surface area contributed by atoms with Crippen molar-refractivity contribution in [3.63, 3.8) is 0 Å². The molecule has 3 heterocycles. The molecule has 1 aromatic carbocycles. The molecule has 1 fully saturated rings. The topological polar surface area (TPSA) is 59.5 Å². The molecule has 0 atom stereocenters. The first-order chi connectivity index (χ1) is 13.8. The lowest BCUT2D eigenvalue weighted by atomic mass is 10.1. The second-order valence-corrected chi connectivity index (χ2v) is 8.76. The van der Waals surface area contributed by atoms with Crippen LogP contribution in [0.5, 0.6) is 0 Å². The molecular formula is C22H19BrFN3O2. The molecule has 148 valence electrons. The minimum atomic E-state index is -1.16. The molecule has 5 rings (SSSR count). The van der Waals surface area contributed by atoms with Crippen LogP contribution in [-0.4, -0.2) is 25.3 Å². The van der Waals surface area contributed by atoms with E-state index in [0.717, 1.165) is 27.6 Å². The van der Waals surface area contributed by atoms with E-state index in [2.05, 4.69) is 43.8 Å². The fraction of sp³-hybridized carbons (Fsp3) is 0.273. The predicted octanol–water partition coefficient (Wildman–Crippen LogP) is 5.58. The Labute approximate surface area is 174 Å². The number of aromatic carboxylic acids is 1. The van der Waals surface area contributed by atoms with Crippen molar-refractivity contribution in [1.82, 2.24) is 14.2 Å². The molecule has 0 bridgehead atoms. The molecule has 0 aliphatic heterocycles. The maximum Gasteiger partial charge on any atom is 0.337 e. The number of aryl methyl sites for hydroxylation is 1. The van der Waals surface area contributed by atoms with E-state index >= 15 is 4.39 Å². The summed E-state index contributed by atoms with van der Waals surface area (Å²) in [7, 11) is 0. The maximum atomic E-state index is 15.0. The van der Waals surface area contributed by atoms with Crippen LogP contribution in [0.15, 0.2) is 34.9 Å². The Morgan fingerprint density at radius 1 is 1.28 bits per heavy atom. The SMILES string of the molecule is Cc1c(C(=O)O)cn2nc(-c3cc4ccc(Br)cc4n3CC3CC3)c(C)c2c1F. The number of carboxylic acid groups (broad SMARTS) is 1. The lowest BCUT2D eigenvalue weighted by Crippen LogP contribution is -2.06. The third-order valence-corrected chi connectivity index (χ3v) is 6.31. The van der Waals surface area contributed by atoms with Crippen molar-refractivity contribution in [2.75, 3.05) is 0 Å². The standard InChI is InChI=1S/C22H19BrFN3O2/c1-11-16(22(28)29)10-27-21(19(11)24)12(2)20(25-27)18-7-14-5-6-15(23)8-17(14)26(18)9-13-3-4-13/h5-8,10,13H,3-4,9H2,1-2H3,(H,28,29). The summed E-state index contributed by atoms with van der Waals surface area (Å²) in [6.45, 7) is 4.23. The number of nitrogens with zero attached hydrogens (tertiary/aromatic N) is 3. The van der Waals surface area contributed by atoms with Crippen LogP contribution >= 0.6 is 15.9 Å². The van der Waals surface area contributed by atoms with E-state index in [9.17, 15) is 9.90 Å². The van der Waals surface area contributed by atoms with Crippen molar-refractivity contribution in [2.45, 2.75) is 33.2 Å². The van der Waals surface area contributed by atoms with Gasteiger partial charge >= 0.3 is 5.97 Å². The minimum Gasteiger partial charge on any atom is -0.478 e. The second kappa shape index (κ2) is 6.42. The van der Waals surface area contributed by atoms with Crippen molar-refractivity contribution in [1.29, 1.82) is 0 Å². The Balaban J connectivity index is 1.79. The molecule has 0 amide bonds. The van der Waals surface area contributed by atoms with Gasteiger partial charge in [0.1, 0.15) is 11.2 Å². The minimum absolute atomic E-state index is 0.0773. The second-order valence-electron chi connectivity index (χ2n) is 7.84. The van der Waals surface area contributed by atoms with Gasteiger partial charge in [0.05, 0.1) is 11.3 Å². The molecule has 3 aromatic heterocycles. The van der Waals surface area contributed by atoms with Gasteiger partial charge in [-0.3, -0.25) is 0 Å². The van der Waals surface area contributed by atoms with E-state index in [-0.39, 0.29) is 11.1 Å². The molecule has 1 N–H and O–H groups in total. The number of carboxylic acids is 1. The van der Waals surface area contributed by atoms with Gasteiger partial charge in [-0.2, -0.15) is 5.10 Å². The summed E-state index contributed by atoms with van der Waals surface area (Å²) in [5.41, 5.74) is 3.81. The van der Waals surface area contributed by atoms with Gasteiger partial charge in [0.15, 0.2) is 5.82 Å². The summed E-state index contributed by atoms with van der Waals surface area (Å²) in [5, 5.41) is 15.1. The summed E-state index contributed by atoms with van der Waals surface area (Å²) in [5.74, 6) is -1.04. The number of hydrogen-bond donors (Lipinski definition) is 1. The molecule has 1 aliphatic carbocycles. The molecule has 29 heavy (non-hydrogen) atoms. The molecular weight excluding hydrogens is 437 g/mol. The van der Waals surface area contributed by atoms with Crippen LogP contribution in [0.4, 0.5) is 4.39 Å². The van der Waals surface area contributed by atoms with Gasteiger partial charge in [0.2, 0.25) is 0 Å². The number of fused-ring (bicyclic) bond motifs is 2. The summed E-state index contributed by atoms with van der Waals surface area (Å²) in [4.78, 5) is 11.5. The van der Waals surface area contributed by atoms with Gasteiger partial charge in [-0.15, -0.1) is 0 Å². The van der Waals surface area contributed by atoms with Crippen molar-refractivity contribution in [3.05, 3.63) is 57.4 Å². The number of halogens is 2. The third-order valence-electron chi connectivity index (χ3n) is 5.82. The number of pyridine rings is 1. The average molecular weight is 456 g/mol. The smallest absolute Gasteiger partial charge is 0.337 e. The molecule has 0 spiro atoms. The van der Waals surface area contributed by atoms with Gasteiger partial charge in [-0.25, -0.2) is 13.7 Å². The van der Waals surface area contributed by atoms with Crippen LogP contribution in [0.1, 0.15) is 34.3 Å². The lowest BCUT2D eigenvalue weighted by molar-refractivity contribution is 0.0694. The molecule has 4 aromatic rings. The molecule has 0 radical (unpaired) electrons. The van der Waals surface area contributed by atoms with Gasteiger partial charge < -0.3 is 9.67 Å². The van der Waals surface area contributed by atoms with Gasteiger partial charge in [-0.05, 0) is 50.8 Å². The molecule has 0 unspecified atom stereocenters. The zero-order valence-corrected chi connectivity index (χ0v) is 17.6. The lowest BCUT2D eigenvalue weighted by Gasteiger charge is -2.09. The Morgan fingerprint density at radius 3 is 2.72 bits per heavy atom. The highest BCUT2D eigenvalue weighted by Crippen LogP contribution is 2.38. The van der Waals surface area contributed by atoms with Gasteiger partial charge in [-0.1, -0.05) is 22.0 Å². The maximum absolute atomic E-state index is 15.0. The molecule has 5 nitrogen and oxygen atoms in total. The Bertz CT molecular complexity index is 1320. The quantitative estimate of drug-likeness (QED) is 0.436. The average Bonchev–Trinajstić information content (AvgIpc) is 3.35. The summed E-state index contributed by atoms with van der Waals surface area (Å²) in [6.07, 6.45) is 3.83. The highest BCUT2D eigenvalue weighted by atomic mass is 79.9. The predicted molar refractivity (Wildman–Crippen MR) is 113 cm³/mol. The number of hydrogen-bond acceptors (Lipinski definition) is 2. The first-order valence-corrected chi connectivity index (χ1v) is 10.3. The van der Waals surface area contributed by atoms with Crippen LogP contribution in [0.2, 0.25) is 0 Å². The van der Waals surface area contributed by atoms with Crippen LogP contribution < -0.4 is 0 Å². The van der Waals surface area contributed by atoms with E-state index in [4.69, 9.17) is 0 Å². The van der Waals surface area contributed by atoms with Crippen molar-refractivity contribution < 1.29 is 14.3 Å². The molecule has 0 saturated heterocycles. The molecule has 1 saturated carbocycles. The summed E-state index contributed by atoms with van der Waals surface area (Å²) < 4.78 is 19.7. The van der Waals surface area contributed by atoms with Crippen molar-refractivity contribution >= 4 is 38.3 Å². The van der Waals surface area contributed by atoms with E-state index in [1.807, 2.05) is 13.0 Å². The molecule has 1 aliphatic rings. The zero-order valence-electron chi connectivity index (χ0n) is 16.0. The fourth-order valence-corrected chi connectivity index (χ4v) is 4.38. The largest absolute Gasteiger partial charge is 0.478 e. The van der Waals surface area contributed by atoms with Gasteiger partial charge in [0, 0.05) is 39.2 Å². The third kappa shape index (κ3) is 2.87. The highest BCUT2D eigenvalue weighted by molar-refractivity contribution is 9.10. The van der Waals surface area contributed by atoms with Crippen LogP contribution in [0.25, 0.3) is 27.8 Å². The Morgan fingerprint density at radius 2 is 2.03 bits per heavy atom. The summed E-state index contributed by atoms with van der Waals surface area (Å²) >= 11 is 3.56. The number of aromatic nitrogens is 3. The van der Waals surface area contributed by atoms with E-state index < -0.39 is 11.8 Å². The van der Waals surface area contributed by atoms with Crippen LogP contribution in [0, 0.1) is 25.6 Å². The highest BCUT2D eigenvalue weighted by Gasteiger charge is 2.27. The number of carbonyl (C=O) groups is 1. The van der Waals surface area contributed by atoms with E-state index in [1.165, 1.54) is 30.5 Å². The Kier molecular flexibility index (Phi) is 4.07. The first-order valence-electron chi connectivity index (χ1n) is 9.55. The van der Waals surface area contributed by atoms with Crippen LogP contribution in [0.3, 0.4) is 0 Å². The van der Waals surface area contributed by atoms with Crippen molar-refractivity contribution in [3.8, 4) is 11.4 Å². The van der Waals surface area contributed by atoms with Crippen LogP contribution in [-0.2, 0) is 6.54 Å². The molecule has 7 heteroatoms. The Hall–Kier alpha value is -2.67. The monoisotopic (exact) mass is 455 g/mol. The van der Waals surface area contributed by atoms with Crippen molar-refractivity contribution in [2.24, 2.45) is 5.92 Å². The van der Waals surface area contributed by atoms with E-state index in [0.29, 0.717) is 22.7 Å².